The maximum Gasteiger partial charge on any atom is 0.0945 e. The summed E-state index contributed by atoms with van der Waals surface area (Å²) in [7, 11) is 0. The first-order valence-corrected chi connectivity index (χ1v) is 7.54. The first-order valence-electron chi connectivity index (χ1n) is 7.54. The lowest BCUT2D eigenvalue weighted by molar-refractivity contribution is 0.122. The van der Waals surface area contributed by atoms with Crippen LogP contribution in [0.15, 0.2) is 43.0 Å². The normalized spacial score (nSPS) is 15.1. The second-order valence-corrected chi connectivity index (χ2v) is 5.23. The number of anilines is 2. The molecule has 0 spiro atoms. The van der Waals surface area contributed by atoms with Crippen LogP contribution in [-0.4, -0.2) is 42.4 Å². The van der Waals surface area contributed by atoms with Gasteiger partial charge in [0.25, 0.3) is 0 Å². The van der Waals surface area contributed by atoms with Crippen molar-refractivity contribution in [2.45, 2.75) is 13.0 Å². The van der Waals surface area contributed by atoms with E-state index in [-0.39, 0.29) is 0 Å². The number of hydrogen-bond donors (Lipinski definition) is 1. The summed E-state index contributed by atoms with van der Waals surface area (Å²) in [4.78, 5) is 6.41. The molecule has 0 atom stereocenters. The molecule has 5 nitrogen and oxygen atoms in total. The highest BCUT2D eigenvalue weighted by atomic mass is 16.5. The van der Waals surface area contributed by atoms with Gasteiger partial charge in [-0.3, -0.25) is 0 Å². The molecule has 1 N–H and O–H groups in total. The number of imidazole rings is 1. The Morgan fingerprint density at radius 2 is 1.95 bits per heavy atom. The lowest BCUT2D eigenvalue weighted by Gasteiger charge is -2.28. The predicted molar refractivity (Wildman–Crippen MR) is 84.8 cm³/mol. The molecule has 0 amide bonds. The summed E-state index contributed by atoms with van der Waals surface area (Å²) in [6.07, 6.45) is 6.76. The summed E-state index contributed by atoms with van der Waals surface area (Å²) in [6, 6.07) is 8.68. The molecule has 1 fully saturated rings. The van der Waals surface area contributed by atoms with E-state index in [1.165, 1.54) is 11.4 Å². The van der Waals surface area contributed by atoms with Crippen molar-refractivity contribution in [3.63, 3.8) is 0 Å². The zero-order chi connectivity index (χ0) is 14.3. The Kier molecular flexibility index (Phi) is 4.74. The molecule has 3 rings (SSSR count). The van der Waals surface area contributed by atoms with Crippen molar-refractivity contribution in [3.8, 4) is 0 Å². The maximum absolute atomic E-state index is 5.38. The van der Waals surface area contributed by atoms with Gasteiger partial charge < -0.3 is 19.5 Å². The summed E-state index contributed by atoms with van der Waals surface area (Å²) in [5, 5.41) is 3.46. The van der Waals surface area contributed by atoms with E-state index in [4.69, 9.17) is 4.74 Å². The molecule has 1 aliphatic rings. The molecule has 1 aromatic heterocycles. The van der Waals surface area contributed by atoms with Gasteiger partial charge in [0.1, 0.15) is 0 Å². The lowest BCUT2D eigenvalue weighted by Crippen LogP contribution is -2.36. The molecule has 21 heavy (non-hydrogen) atoms. The number of ether oxygens (including phenoxy) is 1. The van der Waals surface area contributed by atoms with Gasteiger partial charge in [-0.15, -0.1) is 0 Å². The molecular weight excluding hydrogens is 264 g/mol. The Morgan fingerprint density at radius 3 is 2.67 bits per heavy atom. The number of hydrogen-bond acceptors (Lipinski definition) is 4. The Morgan fingerprint density at radius 1 is 1.14 bits per heavy atom. The molecule has 112 valence electrons. The van der Waals surface area contributed by atoms with E-state index in [0.717, 1.165) is 45.8 Å². The Labute approximate surface area is 125 Å². The molecule has 2 aromatic rings. The van der Waals surface area contributed by atoms with Gasteiger partial charge in [0.15, 0.2) is 0 Å². The highest BCUT2D eigenvalue weighted by molar-refractivity contribution is 5.55. The molecule has 1 aromatic carbocycles. The van der Waals surface area contributed by atoms with E-state index >= 15 is 0 Å². The lowest BCUT2D eigenvalue weighted by atomic mass is 10.2. The number of nitrogens with one attached hydrogen (secondary N) is 1. The molecule has 0 bridgehead atoms. The molecule has 5 heteroatoms. The summed E-state index contributed by atoms with van der Waals surface area (Å²) in [5.74, 6) is 0. The van der Waals surface area contributed by atoms with Crippen molar-refractivity contribution in [1.82, 2.24) is 9.55 Å². The van der Waals surface area contributed by atoms with E-state index in [2.05, 4.69) is 44.0 Å². The van der Waals surface area contributed by atoms with Crippen molar-refractivity contribution < 1.29 is 4.74 Å². The van der Waals surface area contributed by atoms with Crippen LogP contribution < -0.4 is 10.2 Å². The predicted octanol–water partition coefficient (Wildman–Crippen LogP) is 2.22. The van der Waals surface area contributed by atoms with Crippen molar-refractivity contribution in [2.75, 3.05) is 43.1 Å². The highest BCUT2D eigenvalue weighted by Crippen LogP contribution is 2.18. The van der Waals surface area contributed by atoms with Crippen LogP contribution in [0.5, 0.6) is 0 Å². The first-order chi connectivity index (χ1) is 10.4. The largest absolute Gasteiger partial charge is 0.385 e. The molecule has 0 aliphatic carbocycles. The second-order valence-electron chi connectivity index (χ2n) is 5.23. The fourth-order valence-electron chi connectivity index (χ4n) is 2.53. The zero-order valence-electron chi connectivity index (χ0n) is 12.2. The van der Waals surface area contributed by atoms with Gasteiger partial charge in [-0.25, -0.2) is 4.98 Å². The van der Waals surface area contributed by atoms with Crippen LogP contribution in [0.1, 0.15) is 6.42 Å². The summed E-state index contributed by atoms with van der Waals surface area (Å²) >= 11 is 0. The van der Waals surface area contributed by atoms with Gasteiger partial charge in [-0.2, -0.15) is 0 Å². The number of rotatable bonds is 6. The minimum Gasteiger partial charge on any atom is -0.385 e. The van der Waals surface area contributed by atoms with Crippen LogP contribution in [-0.2, 0) is 11.3 Å². The number of nitrogens with zero attached hydrogens (tertiary/aromatic N) is 3. The van der Waals surface area contributed by atoms with Crippen molar-refractivity contribution >= 4 is 11.4 Å². The average molecular weight is 286 g/mol. The first kappa shape index (κ1) is 13.9. The van der Waals surface area contributed by atoms with E-state index in [0.29, 0.717) is 0 Å². The van der Waals surface area contributed by atoms with Crippen LogP contribution >= 0.6 is 0 Å². The number of aromatic nitrogens is 2. The molecular formula is C16H22N4O. The van der Waals surface area contributed by atoms with Crippen LogP contribution in [0.2, 0.25) is 0 Å². The highest BCUT2D eigenvalue weighted by Gasteiger charge is 2.10. The molecule has 1 aliphatic heterocycles. The quantitative estimate of drug-likeness (QED) is 0.827. The maximum atomic E-state index is 5.38. The van der Waals surface area contributed by atoms with Gasteiger partial charge >= 0.3 is 0 Å². The van der Waals surface area contributed by atoms with Gasteiger partial charge in [0.2, 0.25) is 0 Å². The third-order valence-corrected chi connectivity index (χ3v) is 3.72. The van der Waals surface area contributed by atoms with Crippen molar-refractivity contribution in [2.24, 2.45) is 0 Å². The van der Waals surface area contributed by atoms with Crippen molar-refractivity contribution in [1.29, 1.82) is 0 Å². The van der Waals surface area contributed by atoms with Crippen LogP contribution in [0.4, 0.5) is 11.4 Å². The molecule has 1 saturated heterocycles. The summed E-state index contributed by atoms with van der Waals surface area (Å²) in [6.45, 7) is 5.59. The standard InChI is InChI=1S/C16H22N4O/c1(8-19-9-7-17-14-19)6-18-15-2-4-16(5-3-15)20-10-12-21-13-11-20/h2-5,7,9,14,18H,1,6,8,10-13H2. The zero-order valence-corrected chi connectivity index (χ0v) is 12.2. The fraction of sp³-hybridized carbons (Fsp3) is 0.438. The summed E-state index contributed by atoms with van der Waals surface area (Å²) in [5.41, 5.74) is 2.46. The van der Waals surface area contributed by atoms with E-state index in [9.17, 15) is 0 Å². The average Bonchev–Trinajstić information content (AvgIpc) is 3.06. The van der Waals surface area contributed by atoms with Gasteiger partial charge in [-0.1, -0.05) is 0 Å². The number of morpholine rings is 1. The van der Waals surface area contributed by atoms with E-state index in [1.807, 2.05) is 18.7 Å². The Bertz CT molecular complexity index is 518. The summed E-state index contributed by atoms with van der Waals surface area (Å²) < 4.78 is 7.48. The molecule has 2 heterocycles. The fourth-order valence-corrected chi connectivity index (χ4v) is 2.53. The van der Waals surface area contributed by atoms with Crippen molar-refractivity contribution in [3.05, 3.63) is 43.0 Å². The van der Waals surface area contributed by atoms with Crippen LogP contribution in [0.3, 0.4) is 0 Å². The Balaban J connectivity index is 1.43. The smallest absolute Gasteiger partial charge is 0.0945 e. The van der Waals surface area contributed by atoms with Gasteiger partial charge in [0.05, 0.1) is 19.5 Å². The van der Waals surface area contributed by atoms with Gasteiger partial charge in [0, 0.05) is 49.9 Å². The van der Waals surface area contributed by atoms with E-state index in [1.54, 1.807) is 0 Å². The van der Waals surface area contributed by atoms with Gasteiger partial charge in [-0.05, 0) is 30.7 Å². The number of aryl methyl sites for hydroxylation is 1. The SMILES string of the molecule is c1cn(CCCNc2ccc(N3CCOCC3)cc2)cn1. The monoisotopic (exact) mass is 286 g/mol. The number of benzene rings is 1. The Hall–Kier alpha value is -2.01. The molecule has 0 radical (unpaired) electrons. The van der Waals surface area contributed by atoms with Crippen LogP contribution in [0, 0.1) is 0 Å². The molecule has 0 unspecified atom stereocenters. The van der Waals surface area contributed by atoms with Crippen LogP contribution in [0.25, 0.3) is 0 Å². The van der Waals surface area contributed by atoms with E-state index < -0.39 is 0 Å². The minimum atomic E-state index is 0.828. The third kappa shape index (κ3) is 3.98. The topological polar surface area (TPSA) is 42.3 Å². The molecule has 0 saturated carbocycles. The third-order valence-electron chi connectivity index (χ3n) is 3.72. The minimum absolute atomic E-state index is 0.828. The second kappa shape index (κ2) is 7.13.